The van der Waals surface area contributed by atoms with Crippen molar-refractivity contribution >= 4 is 0 Å². The molecule has 2 saturated carbocycles. The van der Waals surface area contributed by atoms with Crippen molar-refractivity contribution in [2.75, 3.05) is 0 Å². The monoisotopic (exact) mass is 278 g/mol. The maximum atomic E-state index is 13.7. The Kier molecular flexibility index (Phi) is 4.09. The first-order valence-electron chi connectivity index (χ1n) is 8.10. The molecule has 0 aromatic heterocycles. The highest BCUT2D eigenvalue weighted by Crippen LogP contribution is 2.43. The van der Waals surface area contributed by atoms with E-state index in [1.165, 1.54) is 45.4 Å². The number of rotatable bonds is 2. The van der Waals surface area contributed by atoms with Gasteiger partial charge in [-0.2, -0.15) is 0 Å². The highest BCUT2D eigenvalue weighted by Gasteiger charge is 2.30. The lowest BCUT2D eigenvalue weighted by Crippen LogP contribution is -2.19. The molecule has 0 atom stereocenters. The van der Waals surface area contributed by atoms with E-state index in [1.807, 2.05) is 0 Å². The van der Waals surface area contributed by atoms with E-state index in [1.54, 1.807) is 12.1 Å². The van der Waals surface area contributed by atoms with Gasteiger partial charge < -0.3 is 0 Å². The Morgan fingerprint density at radius 2 is 1.30 bits per heavy atom. The van der Waals surface area contributed by atoms with Crippen molar-refractivity contribution in [3.05, 3.63) is 34.9 Å². The van der Waals surface area contributed by atoms with Gasteiger partial charge in [0.05, 0.1) is 0 Å². The van der Waals surface area contributed by atoms with Gasteiger partial charge in [0.1, 0.15) is 11.6 Å². The van der Waals surface area contributed by atoms with Gasteiger partial charge in [0.2, 0.25) is 0 Å². The van der Waals surface area contributed by atoms with Crippen molar-refractivity contribution in [2.24, 2.45) is 11.8 Å². The molecule has 0 heterocycles. The first-order chi connectivity index (χ1) is 9.65. The Hall–Kier alpha value is -0.920. The zero-order valence-corrected chi connectivity index (χ0v) is 12.3. The molecule has 2 heteroatoms. The van der Waals surface area contributed by atoms with Crippen LogP contribution in [0.25, 0.3) is 0 Å². The molecule has 0 nitrogen and oxygen atoms in total. The van der Waals surface area contributed by atoms with Crippen LogP contribution in [0.2, 0.25) is 0 Å². The lowest BCUT2D eigenvalue weighted by molar-refractivity contribution is 0.235. The fourth-order valence-electron chi connectivity index (χ4n) is 4.25. The maximum Gasteiger partial charge on any atom is 0.129 e. The maximum absolute atomic E-state index is 13.7. The SMILES string of the molecule is Cc1c(F)cc(C2CCC(C3CCCC3)CC2)cc1F. The standard InChI is InChI=1S/C18H24F2/c1-12-17(19)10-16(11-18(12)20)15-8-6-14(7-9-15)13-4-2-3-5-13/h10-11,13-15H,2-9H2,1H3. The van der Waals surface area contributed by atoms with Gasteiger partial charge in [0.25, 0.3) is 0 Å². The van der Waals surface area contributed by atoms with Crippen molar-refractivity contribution in [1.29, 1.82) is 0 Å². The second-order valence-electron chi connectivity index (χ2n) is 6.77. The van der Waals surface area contributed by atoms with Crippen LogP contribution in [0.1, 0.15) is 68.4 Å². The molecule has 2 aliphatic carbocycles. The molecule has 0 radical (unpaired) electrons. The van der Waals surface area contributed by atoms with Gasteiger partial charge in [-0.05, 0) is 68.1 Å². The Balaban J connectivity index is 1.65. The largest absolute Gasteiger partial charge is 0.207 e. The van der Waals surface area contributed by atoms with E-state index in [4.69, 9.17) is 0 Å². The van der Waals surface area contributed by atoms with Crippen molar-refractivity contribution in [3.8, 4) is 0 Å². The number of benzene rings is 1. The van der Waals surface area contributed by atoms with Crippen LogP contribution in [0.4, 0.5) is 8.78 Å². The Bertz CT molecular complexity index is 443. The second kappa shape index (κ2) is 5.83. The van der Waals surface area contributed by atoms with E-state index in [0.717, 1.165) is 30.2 Å². The zero-order valence-electron chi connectivity index (χ0n) is 12.3. The molecular weight excluding hydrogens is 254 g/mol. The first kappa shape index (κ1) is 14.0. The summed E-state index contributed by atoms with van der Waals surface area (Å²) in [5, 5.41) is 0. The van der Waals surface area contributed by atoms with Crippen LogP contribution in [-0.2, 0) is 0 Å². The predicted molar refractivity (Wildman–Crippen MR) is 77.8 cm³/mol. The number of halogens is 2. The van der Waals surface area contributed by atoms with E-state index >= 15 is 0 Å². The molecule has 0 saturated heterocycles. The molecule has 1 aromatic carbocycles. The van der Waals surface area contributed by atoms with Gasteiger partial charge >= 0.3 is 0 Å². The van der Waals surface area contributed by atoms with Gasteiger partial charge in [0, 0.05) is 5.56 Å². The minimum Gasteiger partial charge on any atom is -0.207 e. The summed E-state index contributed by atoms with van der Waals surface area (Å²) in [5.74, 6) is 1.38. The van der Waals surface area contributed by atoms with Crippen molar-refractivity contribution < 1.29 is 8.78 Å². The highest BCUT2D eigenvalue weighted by molar-refractivity contribution is 5.28. The molecule has 0 bridgehead atoms. The zero-order chi connectivity index (χ0) is 14.1. The van der Waals surface area contributed by atoms with Crippen molar-refractivity contribution in [3.63, 3.8) is 0 Å². The third-order valence-electron chi connectivity index (χ3n) is 5.61. The summed E-state index contributed by atoms with van der Waals surface area (Å²) in [6, 6.07) is 3.11. The van der Waals surface area contributed by atoms with Crippen LogP contribution in [0.3, 0.4) is 0 Å². The first-order valence-corrected chi connectivity index (χ1v) is 8.10. The van der Waals surface area contributed by atoms with Crippen molar-refractivity contribution in [2.45, 2.75) is 64.2 Å². The summed E-state index contributed by atoms with van der Waals surface area (Å²) in [6.45, 7) is 1.51. The molecule has 0 spiro atoms. The molecule has 0 aliphatic heterocycles. The van der Waals surface area contributed by atoms with E-state index in [2.05, 4.69) is 0 Å². The van der Waals surface area contributed by atoms with Gasteiger partial charge in [-0.3, -0.25) is 0 Å². The van der Waals surface area contributed by atoms with Gasteiger partial charge in [-0.15, -0.1) is 0 Å². The highest BCUT2D eigenvalue weighted by atomic mass is 19.1. The molecule has 2 aliphatic rings. The van der Waals surface area contributed by atoms with E-state index in [-0.39, 0.29) is 5.56 Å². The molecular formula is C18H24F2. The molecule has 20 heavy (non-hydrogen) atoms. The average Bonchev–Trinajstić information content (AvgIpc) is 2.98. The molecule has 3 rings (SSSR count). The summed E-state index contributed by atoms with van der Waals surface area (Å²) in [7, 11) is 0. The molecule has 0 N–H and O–H groups in total. The Morgan fingerprint density at radius 1 is 0.800 bits per heavy atom. The van der Waals surface area contributed by atoms with E-state index in [9.17, 15) is 8.78 Å². The predicted octanol–water partition coefficient (Wildman–Crippen LogP) is 5.74. The molecule has 2 fully saturated rings. The van der Waals surface area contributed by atoms with E-state index < -0.39 is 11.6 Å². The minimum atomic E-state index is -0.391. The summed E-state index contributed by atoms with van der Waals surface area (Å²) in [4.78, 5) is 0. The summed E-state index contributed by atoms with van der Waals surface area (Å²) >= 11 is 0. The number of hydrogen-bond acceptors (Lipinski definition) is 0. The van der Waals surface area contributed by atoms with Crippen LogP contribution >= 0.6 is 0 Å². The minimum absolute atomic E-state index is 0.147. The van der Waals surface area contributed by atoms with Gasteiger partial charge in [0.15, 0.2) is 0 Å². The normalized spacial score (nSPS) is 27.9. The van der Waals surface area contributed by atoms with Gasteiger partial charge in [-0.1, -0.05) is 25.7 Å². The average molecular weight is 278 g/mol. The quantitative estimate of drug-likeness (QED) is 0.647. The van der Waals surface area contributed by atoms with Crippen molar-refractivity contribution in [1.82, 2.24) is 0 Å². The summed E-state index contributed by atoms with van der Waals surface area (Å²) < 4.78 is 27.4. The van der Waals surface area contributed by atoms with Crippen LogP contribution in [0, 0.1) is 30.4 Å². The fourth-order valence-corrected chi connectivity index (χ4v) is 4.25. The smallest absolute Gasteiger partial charge is 0.129 e. The van der Waals surface area contributed by atoms with E-state index in [0.29, 0.717) is 5.92 Å². The van der Waals surface area contributed by atoms with Gasteiger partial charge in [-0.25, -0.2) is 8.78 Å². The topological polar surface area (TPSA) is 0 Å². The fraction of sp³-hybridized carbons (Fsp3) is 0.667. The third-order valence-corrected chi connectivity index (χ3v) is 5.61. The Labute approximate surface area is 120 Å². The lowest BCUT2D eigenvalue weighted by atomic mass is 9.73. The van der Waals surface area contributed by atoms with Crippen LogP contribution < -0.4 is 0 Å². The lowest BCUT2D eigenvalue weighted by Gasteiger charge is -2.32. The molecule has 0 unspecified atom stereocenters. The molecule has 0 amide bonds. The van der Waals surface area contributed by atoms with Crippen LogP contribution in [-0.4, -0.2) is 0 Å². The molecule has 1 aromatic rings. The van der Waals surface area contributed by atoms with Crippen LogP contribution in [0.15, 0.2) is 12.1 Å². The summed E-state index contributed by atoms with van der Waals surface area (Å²) in [6.07, 6.45) is 10.3. The third kappa shape index (κ3) is 2.75. The van der Waals surface area contributed by atoms with Crippen LogP contribution in [0.5, 0.6) is 0 Å². The number of hydrogen-bond donors (Lipinski definition) is 0. The Morgan fingerprint density at radius 3 is 1.85 bits per heavy atom. The summed E-state index contributed by atoms with van der Waals surface area (Å²) in [5.41, 5.74) is 1.02. The molecule has 110 valence electrons. The second-order valence-corrected chi connectivity index (χ2v) is 6.77.